The second kappa shape index (κ2) is 7.63. The molecule has 1 heterocycles. The largest absolute Gasteiger partial charge is 0.506 e. The number of aromatic hydroxyl groups is 1. The number of carbonyl (C=O) groups excluding carboxylic acids is 1. The molecule has 1 atom stereocenters. The zero-order valence-electron chi connectivity index (χ0n) is 13.6. The highest BCUT2D eigenvalue weighted by Crippen LogP contribution is 2.34. The van der Waals surface area contributed by atoms with Gasteiger partial charge < -0.3 is 15.3 Å². The number of hydrogen-bond donors (Lipinski definition) is 2. The van der Waals surface area contributed by atoms with Gasteiger partial charge in [-0.25, -0.2) is 0 Å². The SMILES string of the molecule is CCCC(N)c1oc2ccccc2c1C(=O)c1cc(I)c(O)c(I)c1. The fourth-order valence-electron chi connectivity index (χ4n) is 2.84. The molecule has 0 fully saturated rings. The van der Waals surface area contributed by atoms with Gasteiger partial charge >= 0.3 is 0 Å². The highest BCUT2D eigenvalue weighted by molar-refractivity contribution is 14.1. The highest BCUT2D eigenvalue weighted by atomic mass is 127. The first-order valence-electron chi connectivity index (χ1n) is 7.93. The lowest BCUT2D eigenvalue weighted by Crippen LogP contribution is -2.14. The molecule has 0 spiro atoms. The molecule has 3 aromatic rings. The van der Waals surface area contributed by atoms with Crippen molar-refractivity contribution in [2.75, 3.05) is 0 Å². The number of phenols is 1. The van der Waals surface area contributed by atoms with Crippen molar-refractivity contribution in [3.63, 3.8) is 0 Å². The van der Waals surface area contributed by atoms with E-state index in [0.29, 0.717) is 29.6 Å². The number of halogens is 2. The minimum Gasteiger partial charge on any atom is -0.506 e. The molecular weight excluding hydrogens is 544 g/mol. The third kappa shape index (κ3) is 3.56. The summed E-state index contributed by atoms with van der Waals surface area (Å²) in [6.45, 7) is 2.05. The quantitative estimate of drug-likeness (QED) is 0.324. The van der Waals surface area contributed by atoms with E-state index in [9.17, 15) is 9.90 Å². The Kier molecular flexibility index (Phi) is 5.69. The maximum absolute atomic E-state index is 13.3. The molecule has 0 saturated carbocycles. The van der Waals surface area contributed by atoms with Crippen LogP contribution in [0.25, 0.3) is 11.0 Å². The van der Waals surface area contributed by atoms with E-state index in [2.05, 4.69) is 6.92 Å². The Labute approximate surface area is 173 Å². The zero-order chi connectivity index (χ0) is 18.1. The second-order valence-electron chi connectivity index (χ2n) is 5.85. The number of benzene rings is 2. The van der Waals surface area contributed by atoms with Crippen LogP contribution in [0.3, 0.4) is 0 Å². The minimum atomic E-state index is -0.327. The van der Waals surface area contributed by atoms with Crippen molar-refractivity contribution in [1.29, 1.82) is 0 Å². The van der Waals surface area contributed by atoms with Crippen LogP contribution in [-0.4, -0.2) is 10.9 Å². The number of phenolic OH excluding ortho intramolecular Hbond substituents is 1. The third-order valence-electron chi connectivity index (χ3n) is 4.07. The van der Waals surface area contributed by atoms with Crippen molar-refractivity contribution < 1.29 is 14.3 Å². The molecule has 0 aliphatic rings. The normalized spacial score (nSPS) is 12.5. The van der Waals surface area contributed by atoms with E-state index in [-0.39, 0.29) is 17.6 Å². The number of para-hydroxylation sites is 1. The Hall–Kier alpha value is -1.13. The maximum Gasteiger partial charge on any atom is 0.197 e. The summed E-state index contributed by atoms with van der Waals surface area (Å²) in [6.07, 6.45) is 1.64. The molecule has 3 N–H and O–H groups in total. The van der Waals surface area contributed by atoms with Crippen LogP contribution < -0.4 is 5.73 Å². The Morgan fingerprint density at radius 3 is 2.52 bits per heavy atom. The highest BCUT2D eigenvalue weighted by Gasteiger charge is 2.26. The van der Waals surface area contributed by atoms with Gasteiger partial charge in [0.1, 0.15) is 17.1 Å². The van der Waals surface area contributed by atoms with Crippen LogP contribution in [0.4, 0.5) is 0 Å². The lowest BCUT2D eigenvalue weighted by Gasteiger charge is -2.11. The van der Waals surface area contributed by atoms with E-state index in [1.165, 1.54) is 0 Å². The Balaban J connectivity index is 2.19. The summed E-state index contributed by atoms with van der Waals surface area (Å²) in [5, 5.41) is 10.7. The smallest absolute Gasteiger partial charge is 0.197 e. The Bertz CT molecular complexity index is 926. The summed E-state index contributed by atoms with van der Waals surface area (Å²) >= 11 is 4.05. The summed E-state index contributed by atoms with van der Waals surface area (Å²) in [5.41, 5.74) is 7.98. The van der Waals surface area contributed by atoms with Gasteiger partial charge in [0.15, 0.2) is 5.78 Å². The summed E-state index contributed by atoms with van der Waals surface area (Å²) in [7, 11) is 0. The first-order chi connectivity index (χ1) is 11.9. The van der Waals surface area contributed by atoms with Gasteiger partial charge in [-0.3, -0.25) is 4.79 Å². The van der Waals surface area contributed by atoms with E-state index in [1.54, 1.807) is 12.1 Å². The van der Waals surface area contributed by atoms with E-state index >= 15 is 0 Å². The van der Waals surface area contributed by atoms with Crippen LogP contribution in [-0.2, 0) is 0 Å². The number of furan rings is 1. The van der Waals surface area contributed by atoms with Crippen molar-refractivity contribution in [1.82, 2.24) is 0 Å². The monoisotopic (exact) mass is 561 g/mol. The van der Waals surface area contributed by atoms with Gasteiger partial charge in [-0.05, 0) is 69.8 Å². The predicted molar refractivity (Wildman–Crippen MR) is 115 cm³/mol. The number of fused-ring (bicyclic) bond motifs is 1. The van der Waals surface area contributed by atoms with Gasteiger partial charge in [-0.1, -0.05) is 31.5 Å². The summed E-state index contributed by atoms with van der Waals surface area (Å²) in [6, 6.07) is 10.5. The first-order valence-corrected chi connectivity index (χ1v) is 10.1. The molecule has 3 rings (SSSR count). The predicted octanol–water partition coefficient (Wildman–Crippen LogP) is 5.38. The van der Waals surface area contributed by atoms with E-state index in [1.807, 2.05) is 69.4 Å². The van der Waals surface area contributed by atoms with Gasteiger partial charge in [0.25, 0.3) is 0 Å². The fourth-order valence-corrected chi connectivity index (χ4v) is 4.61. The standard InChI is InChI=1S/C19H17I2NO3/c1-2-5-14(22)19-16(11-6-3-4-7-15(11)25-19)17(23)10-8-12(20)18(24)13(21)9-10/h3-4,6-9,14,24H,2,5,22H2,1H3. The molecule has 2 aromatic carbocycles. The average Bonchev–Trinajstić information content (AvgIpc) is 2.98. The van der Waals surface area contributed by atoms with E-state index in [4.69, 9.17) is 10.2 Å². The minimum absolute atomic E-state index is 0.137. The molecule has 0 bridgehead atoms. The number of rotatable bonds is 5. The molecule has 0 aliphatic carbocycles. The zero-order valence-corrected chi connectivity index (χ0v) is 17.9. The first kappa shape index (κ1) is 18.7. The molecule has 0 aliphatic heterocycles. The molecule has 0 radical (unpaired) electrons. The topological polar surface area (TPSA) is 76.5 Å². The average molecular weight is 561 g/mol. The Morgan fingerprint density at radius 1 is 1.24 bits per heavy atom. The van der Waals surface area contributed by atoms with Crippen LogP contribution >= 0.6 is 45.2 Å². The van der Waals surface area contributed by atoms with Crippen molar-refractivity contribution in [2.24, 2.45) is 5.73 Å². The summed E-state index contributed by atoms with van der Waals surface area (Å²) in [4.78, 5) is 13.3. The molecule has 1 aromatic heterocycles. The lowest BCUT2D eigenvalue weighted by atomic mass is 9.96. The van der Waals surface area contributed by atoms with Gasteiger partial charge in [0.2, 0.25) is 0 Å². The number of nitrogens with two attached hydrogens (primary N) is 1. The number of hydrogen-bond acceptors (Lipinski definition) is 4. The van der Waals surface area contributed by atoms with Crippen molar-refractivity contribution in [3.05, 3.63) is 60.4 Å². The number of ketones is 1. The van der Waals surface area contributed by atoms with Crippen LogP contribution in [0, 0.1) is 7.14 Å². The molecule has 4 nitrogen and oxygen atoms in total. The molecule has 130 valence electrons. The fraction of sp³-hybridized carbons (Fsp3) is 0.211. The lowest BCUT2D eigenvalue weighted by molar-refractivity contribution is 0.103. The van der Waals surface area contributed by atoms with E-state index in [0.717, 1.165) is 18.2 Å². The Morgan fingerprint density at radius 2 is 1.88 bits per heavy atom. The van der Waals surface area contributed by atoms with Crippen LogP contribution in [0.5, 0.6) is 5.75 Å². The van der Waals surface area contributed by atoms with Crippen molar-refractivity contribution >= 4 is 61.9 Å². The van der Waals surface area contributed by atoms with Crippen LogP contribution in [0.2, 0.25) is 0 Å². The third-order valence-corrected chi connectivity index (χ3v) is 5.71. The van der Waals surface area contributed by atoms with E-state index < -0.39 is 0 Å². The summed E-state index contributed by atoms with van der Waals surface area (Å²) < 4.78 is 7.22. The maximum atomic E-state index is 13.3. The van der Waals surface area contributed by atoms with Crippen molar-refractivity contribution in [2.45, 2.75) is 25.8 Å². The van der Waals surface area contributed by atoms with Gasteiger partial charge in [0.05, 0.1) is 18.7 Å². The molecule has 1 unspecified atom stereocenters. The molecule has 25 heavy (non-hydrogen) atoms. The van der Waals surface area contributed by atoms with Gasteiger partial charge in [0, 0.05) is 10.9 Å². The molecular formula is C19H17I2NO3. The van der Waals surface area contributed by atoms with Gasteiger partial charge in [-0.15, -0.1) is 0 Å². The second-order valence-corrected chi connectivity index (χ2v) is 8.17. The van der Waals surface area contributed by atoms with Crippen LogP contribution in [0.1, 0.15) is 47.5 Å². The summed E-state index contributed by atoms with van der Waals surface area (Å²) in [5.74, 6) is 0.589. The van der Waals surface area contributed by atoms with Crippen LogP contribution in [0.15, 0.2) is 40.8 Å². The molecule has 0 amide bonds. The molecule has 0 saturated heterocycles. The van der Waals surface area contributed by atoms with Gasteiger partial charge in [-0.2, -0.15) is 0 Å². The molecule has 6 heteroatoms. The van der Waals surface area contributed by atoms with Crippen molar-refractivity contribution in [3.8, 4) is 5.75 Å². The number of carbonyl (C=O) groups is 1.